The Kier molecular flexibility index (Phi) is 5.14. The van der Waals surface area contributed by atoms with Crippen molar-refractivity contribution in [3.8, 4) is 11.5 Å². The lowest BCUT2D eigenvalue weighted by molar-refractivity contribution is -0.130. The van der Waals surface area contributed by atoms with Crippen molar-refractivity contribution in [1.29, 1.82) is 0 Å². The minimum absolute atomic E-state index is 0.289. The Morgan fingerprint density at radius 2 is 1.92 bits per heavy atom. The van der Waals surface area contributed by atoms with E-state index in [1.54, 1.807) is 13.2 Å². The maximum absolute atomic E-state index is 12.0. The third-order valence-corrected chi connectivity index (χ3v) is 3.65. The lowest BCUT2D eigenvalue weighted by Crippen LogP contribution is -2.06. The summed E-state index contributed by atoms with van der Waals surface area (Å²) in [5.74, 6) is 1.49. The van der Waals surface area contributed by atoms with Gasteiger partial charge < -0.3 is 14.2 Å². The fourth-order valence-electron chi connectivity index (χ4n) is 2.47. The molecule has 128 valence electrons. The molecule has 2 aromatic rings. The van der Waals surface area contributed by atoms with E-state index in [1.807, 2.05) is 55.5 Å². The third-order valence-electron chi connectivity index (χ3n) is 3.65. The first-order valence-electron chi connectivity index (χ1n) is 8.05. The molecule has 0 saturated carbocycles. The number of esters is 1. The number of nitrogens with zero attached hydrogens (tertiary/aromatic N) is 1. The molecule has 0 radical (unpaired) electrons. The van der Waals surface area contributed by atoms with Crippen LogP contribution in [0.3, 0.4) is 0 Å². The molecular formula is C20H19NO4. The van der Waals surface area contributed by atoms with Crippen LogP contribution in [0.25, 0.3) is 6.08 Å². The summed E-state index contributed by atoms with van der Waals surface area (Å²) in [5, 5.41) is 0. The van der Waals surface area contributed by atoms with Gasteiger partial charge in [0.15, 0.2) is 5.70 Å². The fourth-order valence-corrected chi connectivity index (χ4v) is 2.47. The van der Waals surface area contributed by atoms with Gasteiger partial charge >= 0.3 is 5.97 Å². The number of methoxy groups -OCH3 is 1. The molecule has 0 spiro atoms. The van der Waals surface area contributed by atoms with E-state index in [0.717, 1.165) is 22.6 Å². The number of carbonyl (C=O) groups is 1. The number of ether oxygens (including phenoxy) is 3. The van der Waals surface area contributed by atoms with Crippen molar-refractivity contribution in [2.45, 2.75) is 13.3 Å². The van der Waals surface area contributed by atoms with Crippen LogP contribution in [0, 0.1) is 0 Å². The number of hydrogen-bond acceptors (Lipinski definition) is 5. The number of rotatable bonds is 6. The van der Waals surface area contributed by atoms with Crippen molar-refractivity contribution in [2.24, 2.45) is 4.99 Å². The third kappa shape index (κ3) is 4.26. The molecule has 0 unspecified atom stereocenters. The molecule has 1 heterocycles. The molecule has 0 saturated heterocycles. The Morgan fingerprint density at radius 3 is 2.64 bits per heavy atom. The first kappa shape index (κ1) is 16.8. The van der Waals surface area contributed by atoms with Gasteiger partial charge in [-0.3, -0.25) is 0 Å². The van der Waals surface area contributed by atoms with Crippen LogP contribution in [0.5, 0.6) is 11.5 Å². The van der Waals surface area contributed by atoms with Gasteiger partial charge in [0.25, 0.3) is 0 Å². The first-order chi connectivity index (χ1) is 12.2. The molecule has 5 heteroatoms. The highest BCUT2D eigenvalue weighted by Crippen LogP contribution is 2.21. The summed E-state index contributed by atoms with van der Waals surface area (Å²) >= 11 is 0. The molecule has 0 bridgehead atoms. The molecule has 3 rings (SSSR count). The summed E-state index contributed by atoms with van der Waals surface area (Å²) < 4.78 is 15.9. The molecule has 0 fully saturated rings. The molecular weight excluding hydrogens is 318 g/mol. The van der Waals surface area contributed by atoms with Crippen molar-refractivity contribution in [3.05, 3.63) is 65.4 Å². The van der Waals surface area contributed by atoms with Crippen molar-refractivity contribution in [1.82, 2.24) is 0 Å². The molecule has 0 aliphatic carbocycles. The fraction of sp³-hybridized carbons (Fsp3) is 0.200. The Hall–Kier alpha value is -3.08. The van der Waals surface area contributed by atoms with E-state index in [0.29, 0.717) is 18.9 Å². The SMILES string of the molecule is CCOc1cccc(/C=C2/N=C(Cc3ccc(OC)cc3)OC2=O)c1. The van der Waals surface area contributed by atoms with Gasteiger partial charge in [0.1, 0.15) is 11.5 Å². The Bertz CT molecular complexity index is 822. The van der Waals surface area contributed by atoms with E-state index >= 15 is 0 Å². The van der Waals surface area contributed by atoms with E-state index in [-0.39, 0.29) is 5.70 Å². The lowest BCUT2D eigenvalue weighted by Gasteiger charge is -2.03. The van der Waals surface area contributed by atoms with Crippen LogP contribution in [0.4, 0.5) is 0 Å². The quantitative estimate of drug-likeness (QED) is 0.596. The zero-order valence-corrected chi connectivity index (χ0v) is 14.2. The van der Waals surface area contributed by atoms with Gasteiger partial charge in [-0.05, 0) is 48.4 Å². The summed E-state index contributed by atoms with van der Waals surface area (Å²) in [6.45, 7) is 2.52. The number of benzene rings is 2. The zero-order chi connectivity index (χ0) is 17.6. The van der Waals surface area contributed by atoms with Gasteiger partial charge in [-0.1, -0.05) is 24.3 Å². The summed E-state index contributed by atoms with van der Waals surface area (Å²) in [7, 11) is 1.62. The second-order valence-corrected chi connectivity index (χ2v) is 5.45. The summed E-state index contributed by atoms with van der Waals surface area (Å²) in [5.41, 5.74) is 2.12. The predicted octanol–water partition coefficient (Wildman–Crippen LogP) is 3.63. The zero-order valence-electron chi connectivity index (χ0n) is 14.2. The molecule has 25 heavy (non-hydrogen) atoms. The van der Waals surface area contributed by atoms with Crippen LogP contribution < -0.4 is 9.47 Å². The van der Waals surface area contributed by atoms with Gasteiger partial charge in [-0.2, -0.15) is 0 Å². The first-order valence-corrected chi connectivity index (χ1v) is 8.05. The van der Waals surface area contributed by atoms with Crippen molar-refractivity contribution < 1.29 is 19.0 Å². The van der Waals surface area contributed by atoms with E-state index < -0.39 is 5.97 Å². The summed E-state index contributed by atoms with van der Waals surface area (Å²) in [6, 6.07) is 15.1. The number of aliphatic imine (C=N–C) groups is 1. The smallest absolute Gasteiger partial charge is 0.363 e. The second-order valence-electron chi connectivity index (χ2n) is 5.45. The minimum atomic E-state index is -0.440. The number of hydrogen-bond donors (Lipinski definition) is 0. The van der Waals surface area contributed by atoms with Gasteiger partial charge in [0.05, 0.1) is 13.7 Å². The van der Waals surface area contributed by atoms with Gasteiger partial charge in [-0.25, -0.2) is 9.79 Å². The number of carbonyl (C=O) groups excluding carboxylic acids is 1. The van der Waals surface area contributed by atoms with Gasteiger partial charge in [-0.15, -0.1) is 0 Å². The molecule has 0 atom stereocenters. The van der Waals surface area contributed by atoms with Crippen LogP contribution >= 0.6 is 0 Å². The molecule has 5 nitrogen and oxygen atoms in total. The summed E-state index contributed by atoms with van der Waals surface area (Å²) in [4.78, 5) is 16.3. The van der Waals surface area contributed by atoms with Crippen LogP contribution in [0.15, 0.2) is 59.2 Å². The van der Waals surface area contributed by atoms with Crippen LogP contribution in [0.2, 0.25) is 0 Å². The molecule has 1 aliphatic rings. The maximum Gasteiger partial charge on any atom is 0.363 e. The highest BCUT2D eigenvalue weighted by atomic mass is 16.6. The van der Waals surface area contributed by atoms with Crippen LogP contribution in [-0.2, 0) is 16.0 Å². The monoisotopic (exact) mass is 337 g/mol. The largest absolute Gasteiger partial charge is 0.497 e. The Balaban J connectivity index is 1.76. The molecule has 1 aliphatic heterocycles. The van der Waals surface area contributed by atoms with Crippen molar-refractivity contribution in [3.63, 3.8) is 0 Å². The average molecular weight is 337 g/mol. The topological polar surface area (TPSA) is 57.1 Å². The lowest BCUT2D eigenvalue weighted by atomic mass is 10.1. The molecule has 0 N–H and O–H groups in total. The summed E-state index contributed by atoms with van der Waals surface area (Å²) in [6.07, 6.45) is 2.15. The highest BCUT2D eigenvalue weighted by Gasteiger charge is 2.23. The van der Waals surface area contributed by atoms with E-state index in [2.05, 4.69) is 4.99 Å². The molecule has 0 aromatic heterocycles. The normalized spacial score (nSPS) is 15.0. The van der Waals surface area contributed by atoms with E-state index in [1.165, 1.54) is 0 Å². The highest BCUT2D eigenvalue weighted by molar-refractivity contribution is 6.07. The average Bonchev–Trinajstić information content (AvgIpc) is 2.95. The van der Waals surface area contributed by atoms with Gasteiger partial charge in [0, 0.05) is 6.42 Å². The second kappa shape index (κ2) is 7.66. The maximum atomic E-state index is 12.0. The van der Waals surface area contributed by atoms with E-state index in [9.17, 15) is 4.79 Å². The van der Waals surface area contributed by atoms with Crippen molar-refractivity contribution >= 4 is 17.9 Å². The van der Waals surface area contributed by atoms with Gasteiger partial charge in [0.2, 0.25) is 5.90 Å². The number of cyclic esters (lactones) is 1. The Morgan fingerprint density at radius 1 is 1.12 bits per heavy atom. The van der Waals surface area contributed by atoms with Crippen LogP contribution in [0.1, 0.15) is 18.1 Å². The minimum Gasteiger partial charge on any atom is -0.497 e. The Labute approximate surface area is 146 Å². The molecule has 2 aromatic carbocycles. The predicted molar refractivity (Wildman–Crippen MR) is 95.8 cm³/mol. The van der Waals surface area contributed by atoms with Crippen molar-refractivity contribution in [2.75, 3.05) is 13.7 Å². The van der Waals surface area contributed by atoms with Crippen LogP contribution in [-0.4, -0.2) is 25.6 Å². The standard InChI is InChI=1S/C20H19NO4/c1-3-24-17-6-4-5-15(11-17)12-18-20(22)25-19(21-18)13-14-7-9-16(23-2)10-8-14/h4-12H,3,13H2,1-2H3/b18-12+. The van der Waals surface area contributed by atoms with E-state index in [4.69, 9.17) is 14.2 Å². The molecule has 0 amide bonds.